The van der Waals surface area contributed by atoms with E-state index in [1.165, 1.54) is 44.3 Å². The summed E-state index contributed by atoms with van der Waals surface area (Å²) in [6.45, 7) is 13.4. The Morgan fingerprint density at radius 2 is 1.73 bits per heavy atom. The monoisotopic (exact) mass is 397 g/mol. The van der Waals surface area contributed by atoms with E-state index in [0.717, 1.165) is 28.8 Å². The molecule has 0 saturated carbocycles. The molecule has 0 aliphatic carbocycles. The van der Waals surface area contributed by atoms with Crippen molar-refractivity contribution in [1.82, 2.24) is 4.98 Å². The van der Waals surface area contributed by atoms with Gasteiger partial charge in [0.2, 0.25) is 0 Å². The van der Waals surface area contributed by atoms with Crippen molar-refractivity contribution in [3.8, 4) is 22.8 Å². The van der Waals surface area contributed by atoms with Gasteiger partial charge >= 0.3 is 0 Å². The molecule has 1 aliphatic rings. The molecule has 1 aromatic heterocycles. The topological polar surface area (TPSA) is 26.0 Å². The number of rotatable bonds is 1. The molecule has 3 aromatic carbocycles. The summed E-state index contributed by atoms with van der Waals surface area (Å²) in [5.74, 6) is 1.93. The first kappa shape index (κ1) is 19.0. The molecule has 2 heterocycles. The maximum atomic E-state index is 6.73. The van der Waals surface area contributed by atoms with E-state index >= 15 is 0 Å². The molecule has 4 aromatic rings. The van der Waals surface area contributed by atoms with Crippen molar-refractivity contribution in [2.75, 3.05) is 0 Å². The zero-order valence-electron chi connectivity index (χ0n) is 19.0. The van der Waals surface area contributed by atoms with Gasteiger partial charge in [-0.25, -0.2) is 4.57 Å². The number of hydrogen-bond donors (Lipinski definition) is 0. The fraction of sp³-hybridized carbons (Fsp3) is 0.333. The maximum Gasteiger partial charge on any atom is 0.287 e. The summed E-state index contributed by atoms with van der Waals surface area (Å²) < 4.78 is 8.88. The molecule has 3 nitrogen and oxygen atoms in total. The lowest BCUT2D eigenvalue weighted by molar-refractivity contribution is -0.662. The number of aromatic nitrogens is 2. The molecule has 0 amide bonds. The lowest BCUT2D eigenvalue weighted by Gasteiger charge is -2.28. The van der Waals surface area contributed by atoms with Crippen LogP contribution in [0.4, 0.5) is 0 Å². The molecular weight excluding hydrogens is 368 g/mol. The lowest BCUT2D eigenvalue weighted by Crippen LogP contribution is -2.33. The van der Waals surface area contributed by atoms with Crippen LogP contribution in [0, 0.1) is 26.2 Å². The smallest absolute Gasteiger partial charge is 0.287 e. The van der Waals surface area contributed by atoms with Crippen LogP contribution in [-0.4, -0.2) is 4.98 Å². The Kier molecular flexibility index (Phi) is 3.99. The van der Waals surface area contributed by atoms with E-state index in [0.29, 0.717) is 0 Å². The van der Waals surface area contributed by atoms with Gasteiger partial charge in [0.1, 0.15) is 16.9 Å². The van der Waals surface area contributed by atoms with Gasteiger partial charge in [0, 0.05) is 5.56 Å². The highest BCUT2D eigenvalue weighted by Gasteiger charge is 2.33. The normalized spacial score (nSPS) is 12.9. The van der Waals surface area contributed by atoms with Gasteiger partial charge in [-0.15, -0.1) is 0 Å². The van der Waals surface area contributed by atoms with E-state index in [2.05, 4.69) is 88.5 Å². The van der Waals surface area contributed by atoms with Gasteiger partial charge in [-0.2, -0.15) is 0 Å². The molecule has 5 rings (SSSR count). The van der Waals surface area contributed by atoms with Crippen molar-refractivity contribution >= 4 is 21.7 Å². The van der Waals surface area contributed by atoms with Crippen LogP contribution in [-0.2, 0) is 13.5 Å². The molecule has 0 atom stereocenters. The summed E-state index contributed by atoms with van der Waals surface area (Å²) in [7, 11) is 2.09. The van der Waals surface area contributed by atoms with E-state index in [4.69, 9.17) is 4.74 Å². The Labute approximate surface area is 178 Å². The number of benzene rings is 3. The first-order valence-electron chi connectivity index (χ1n) is 10.7. The zero-order valence-corrected chi connectivity index (χ0v) is 19.0. The summed E-state index contributed by atoms with van der Waals surface area (Å²) in [5, 5.41) is 3.72. The van der Waals surface area contributed by atoms with E-state index in [-0.39, 0.29) is 5.41 Å². The second-order valence-electron chi connectivity index (χ2n) is 10.1. The van der Waals surface area contributed by atoms with Crippen molar-refractivity contribution in [3.63, 3.8) is 0 Å². The first-order valence-corrected chi connectivity index (χ1v) is 10.7. The molecule has 0 saturated heterocycles. The van der Waals surface area contributed by atoms with Crippen LogP contribution in [0.2, 0.25) is 0 Å². The van der Waals surface area contributed by atoms with Crippen LogP contribution >= 0.6 is 0 Å². The van der Waals surface area contributed by atoms with E-state index < -0.39 is 0 Å². The minimum Gasteiger partial charge on any atom is -0.455 e. The Bertz CT molecular complexity index is 1360. The first-order chi connectivity index (χ1) is 14.1. The maximum absolute atomic E-state index is 6.73. The summed E-state index contributed by atoms with van der Waals surface area (Å²) in [6, 6.07) is 11.1. The number of nitrogens with zero attached hydrogens (tertiary/aromatic N) is 2. The van der Waals surface area contributed by atoms with E-state index in [9.17, 15) is 0 Å². The predicted molar refractivity (Wildman–Crippen MR) is 123 cm³/mol. The van der Waals surface area contributed by atoms with Crippen LogP contribution in [0.1, 0.15) is 43.0 Å². The van der Waals surface area contributed by atoms with Crippen LogP contribution in [0.5, 0.6) is 11.5 Å². The minimum atomic E-state index is 0.146. The molecule has 0 fully saturated rings. The van der Waals surface area contributed by atoms with E-state index in [1.54, 1.807) is 0 Å². The zero-order chi connectivity index (χ0) is 21.4. The quantitative estimate of drug-likeness (QED) is 0.302. The average Bonchev–Trinajstić information content (AvgIpc) is 2.66. The molecule has 30 heavy (non-hydrogen) atoms. The largest absolute Gasteiger partial charge is 0.455 e. The van der Waals surface area contributed by atoms with E-state index in [1.807, 2.05) is 6.33 Å². The third-order valence-corrected chi connectivity index (χ3v) is 6.12. The molecule has 0 spiro atoms. The van der Waals surface area contributed by atoms with Gasteiger partial charge in [0.25, 0.3) is 6.33 Å². The highest BCUT2D eigenvalue weighted by Crippen LogP contribution is 2.51. The minimum absolute atomic E-state index is 0.146. The SMILES string of the molecule is Cc1cc2c3c([n+](C)cnc3c1)-c1c(c(CC(C)(C)C)c3ccc(C)cc3c1C)O2. The Balaban J connectivity index is 1.99. The van der Waals surface area contributed by atoms with Gasteiger partial charge in [-0.1, -0.05) is 44.5 Å². The average molecular weight is 398 g/mol. The molecule has 0 bridgehead atoms. The van der Waals surface area contributed by atoms with Crippen molar-refractivity contribution in [1.29, 1.82) is 0 Å². The van der Waals surface area contributed by atoms with Gasteiger partial charge in [-0.05, 0) is 71.6 Å². The fourth-order valence-corrected chi connectivity index (χ4v) is 4.86. The highest BCUT2D eigenvalue weighted by molar-refractivity contribution is 6.05. The standard InChI is InChI=1S/C27H29N2O/c1-15-8-9-18-19(10-15)17(3)23-25-24-21(28-14-29(25)7)11-16(2)12-22(24)30-26(23)20(18)13-27(4,5)6/h8-12,14H,13H2,1-7H3/q+1. The van der Waals surface area contributed by atoms with Gasteiger partial charge < -0.3 is 4.74 Å². The lowest BCUT2D eigenvalue weighted by atomic mass is 9.81. The molecule has 152 valence electrons. The molecule has 0 N–H and O–H groups in total. The van der Waals surface area contributed by atoms with Crippen LogP contribution in [0.15, 0.2) is 36.7 Å². The summed E-state index contributed by atoms with van der Waals surface area (Å²) >= 11 is 0. The van der Waals surface area contributed by atoms with Crippen molar-refractivity contribution < 1.29 is 9.30 Å². The van der Waals surface area contributed by atoms with Crippen LogP contribution in [0.25, 0.3) is 32.9 Å². The van der Waals surface area contributed by atoms with Crippen molar-refractivity contribution in [2.24, 2.45) is 12.5 Å². The van der Waals surface area contributed by atoms with Gasteiger partial charge in [0.15, 0.2) is 11.2 Å². The molecule has 1 aliphatic heterocycles. The Hall–Kier alpha value is -2.94. The third kappa shape index (κ3) is 2.79. The van der Waals surface area contributed by atoms with Gasteiger partial charge in [-0.3, -0.25) is 0 Å². The Morgan fingerprint density at radius 1 is 0.967 bits per heavy atom. The number of aryl methyl sites for hydroxylation is 4. The number of fused-ring (bicyclic) bond motifs is 3. The number of ether oxygens (including phenoxy) is 1. The highest BCUT2D eigenvalue weighted by atomic mass is 16.5. The molecule has 0 radical (unpaired) electrons. The van der Waals surface area contributed by atoms with Crippen molar-refractivity contribution in [2.45, 2.75) is 48.0 Å². The molecule has 3 heteroatoms. The second-order valence-corrected chi connectivity index (χ2v) is 10.1. The summed E-state index contributed by atoms with van der Waals surface area (Å²) in [4.78, 5) is 4.69. The third-order valence-electron chi connectivity index (χ3n) is 6.12. The van der Waals surface area contributed by atoms with Crippen molar-refractivity contribution in [3.05, 3.63) is 58.9 Å². The van der Waals surface area contributed by atoms with Gasteiger partial charge in [0.05, 0.1) is 12.6 Å². The summed E-state index contributed by atoms with van der Waals surface area (Å²) in [6.07, 6.45) is 2.88. The van der Waals surface area contributed by atoms with Crippen LogP contribution in [0.3, 0.4) is 0 Å². The molecule has 0 unspecified atom stereocenters. The summed E-state index contributed by atoms with van der Waals surface area (Å²) in [5.41, 5.74) is 8.57. The number of hydrogen-bond acceptors (Lipinski definition) is 2. The predicted octanol–water partition coefficient (Wildman–Crippen LogP) is 6.50. The van der Waals surface area contributed by atoms with Crippen LogP contribution < -0.4 is 9.30 Å². The Morgan fingerprint density at radius 3 is 2.47 bits per heavy atom. The second kappa shape index (κ2) is 6.28. The fourth-order valence-electron chi connectivity index (χ4n) is 4.86. The molecular formula is C27H29N2O+.